The molecule has 1 aliphatic heterocycles. The molecule has 1 aliphatic carbocycles. The number of nitrogens with one attached hydrogen (secondary N) is 2. The molecule has 2 aromatic rings. The fourth-order valence-corrected chi connectivity index (χ4v) is 6.93. The number of amides is 2. The Morgan fingerprint density at radius 3 is 2.60 bits per heavy atom. The highest BCUT2D eigenvalue weighted by Gasteiger charge is 2.34. The van der Waals surface area contributed by atoms with Crippen molar-refractivity contribution >= 4 is 33.8 Å². The van der Waals surface area contributed by atoms with Crippen LogP contribution >= 0.6 is 11.3 Å². The number of fused-ring (bicyclic) bond motifs is 1. The molecule has 1 fully saturated rings. The van der Waals surface area contributed by atoms with Crippen LogP contribution < -0.4 is 10.6 Å². The van der Waals surface area contributed by atoms with E-state index in [1.54, 1.807) is 11.3 Å². The summed E-state index contributed by atoms with van der Waals surface area (Å²) in [5, 5.41) is 7.00. The summed E-state index contributed by atoms with van der Waals surface area (Å²) in [6, 6.07) is 6.06. The number of thiophene rings is 1. The van der Waals surface area contributed by atoms with Crippen LogP contribution in [0.4, 0.5) is 10.7 Å². The van der Waals surface area contributed by atoms with E-state index in [0.717, 1.165) is 55.6 Å². The number of hydrogen-bond acceptors (Lipinski definition) is 4. The molecule has 2 heterocycles. The van der Waals surface area contributed by atoms with Gasteiger partial charge in [-0.25, -0.2) is 0 Å². The normalized spacial score (nSPS) is 20.9. The van der Waals surface area contributed by atoms with Crippen LogP contribution in [0.3, 0.4) is 0 Å². The molecule has 2 aliphatic rings. The summed E-state index contributed by atoms with van der Waals surface area (Å²) < 4.78 is 0. The first-order valence-corrected chi connectivity index (χ1v) is 13.9. The zero-order valence-electron chi connectivity index (χ0n) is 22.2. The number of piperidine rings is 1. The van der Waals surface area contributed by atoms with Crippen molar-refractivity contribution in [3.8, 4) is 0 Å². The molecular weight excluding hydrogens is 454 g/mol. The van der Waals surface area contributed by atoms with Gasteiger partial charge in [0.15, 0.2) is 0 Å². The fourth-order valence-electron chi connectivity index (χ4n) is 5.59. The quantitative estimate of drug-likeness (QED) is 0.502. The van der Waals surface area contributed by atoms with Gasteiger partial charge in [-0.15, -0.1) is 11.3 Å². The van der Waals surface area contributed by atoms with E-state index < -0.39 is 0 Å². The summed E-state index contributed by atoms with van der Waals surface area (Å²) >= 11 is 1.61. The highest BCUT2D eigenvalue weighted by molar-refractivity contribution is 7.17. The van der Waals surface area contributed by atoms with Crippen LogP contribution in [-0.2, 0) is 17.6 Å². The molecule has 2 atom stereocenters. The molecule has 0 bridgehead atoms. The van der Waals surface area contributed by atoms with Crippen molar-refractivity contribution < 1.29 is 9.59 Å². The number of benzene rings is 1. The smallest absolute Gasteiger partial charge is 0.258 e. The van der Waals surface area contributed by atoms with Crippen molar-refractivity contribution in [3.63, 3.8) is 0 Å². The number of carbonyl (C=O) groups excluding carboxylic acids is 2. The minimum atomic E-state index is -0.120. The summed E-state index contributed by atoms with van der Waals surface area (Å²) in [5.74, 6) is 1.05. The van der Waals surface area contributed by atoms with E-state index in [1.807, 2.05) is 19.1 Å². The second-order valence-electron chi connectivity index (χ2n) is 11.8. The summed E-state index contributed by atoms with van der Waals surface area (Å²) in [5.41, 5.74) is 5.04. The third kappa shape index (κ3) is 6.15. The van der Waals surface area contributed by atoms with Crippen LogP contribution in [0.25, 0.3) is 0 Å². The zero-order chi connectivity index (χ0) is 25.3. The van der Waals surface area contributed by atoms with E-state index in [1.165, 1.54) is 16.9 Å². The lowest BCUT2D eigenvalue weighted by Crippen LogP contribution is -2.39. The predicted molar refractivity (Wildman–Crippen MR) is 147 cm³/mol. The highest BCUT2D eigenvalue weighted by atomic mass is 32.1. The summed E-state index contributed by atoms with van der Waals surface area (Å²) in [7, 11) is 0. The van der Waals surface area contributed by atoms with Gasteiger partial charge in [-0.2, -0.15) is 0 Å². The molecule has 2 N–H and O–H groups in total. The van der Waals surface area contributed by atoms with E-state index >= 15 is 0 Å². The van der Waals surface area contributed by atoms with Gasteiger partial charge in [0.25, 0.3) is 5.91 Å². The minimum Gasteiger partial charge on any atom is -0.322 e. The SMILES string of the molecule is Cc1ccc(NC(=O)c2c(NC(=O)CN3CCCC(C)C3)sc3c2CCC(C(C)(C)C)C3)c(C)c1. The Morgan fingerprint density at radius 2 is 1.91 bits per heavy atom. The van der Waals surface area contributed by atoms with Crippen molar-refractivity contribution in [2.24, 2.45) is 17.3 Å². The van der Waals surface area contributed by atoms with E-state index in [9.17, 15) is 9.59 Å². The molecule has 6 heteroatoms. The Morgan fingerprint density at radius 1 is 1.14 bits per heavy atom. The van der Waals surface area contributed by atoms with Crippen molar-refractivity contribution in [1.29, 1.82) is 0 Å². The molecular formula is C29H41N3O2S. The van der Waals surface area contributed by atoms with Crippen LogP contribution in [-0.4, -0.2) is 36.3 Å². The highest BCUT2D eigenvalue weighted by Crippen LogP contribution is 2.44. The van der Waals surface area contributed by atoms with E-state index in [0.29, 0.717) is 28.9 Å². The Balaban J connectivity index is 1.60. The zero-order valence-corrected chi connectivity index (χ0v) is 23.0. The lowest BCUT2D eigenvalue weighted by atomic mass is 9.72. The number of aryl methyl sites for hydroxylation is 2. The number of hydrogen-bond donors (Lipinski definition) is 2. The molecule has 1 saturated heterocycles. The third-order valence-electron chi connectivity index (χ3n) is 7.71. The van der Waals surface area contributed by atoms with Crippen LogP contribution in [0.5, 0.6) is 0 Å². The Labute approximate surface area is 214 Å². The molecule has 35 heavy (non-hydrogen) atoms. The molecule has 2 unspecified atom stereocenters. The maximum absolute atomic E-state index is 13.6. The number of rotatable bonds is 5. The maximum atomic E-state index is 13.6. The van der Waals surface area contributed by atoms with E-state index in [4.69, 9.17) is 0 Å². The topological polar surface area (TPSA) is 61.4 Å². The third-order valence-corrected chi connectivity index (χ3v) is 8.88. The summed E-state index contributed by atoms with van der Waals surface area (Å²) in [6.45, 7) is 15.5. The Kier molecular flexibility index (Phi) is 7.72. The van der Waals surface area contributed by atoms with Crippen LogP contribution in [0, 0.1) is 31.1 Å². The Bertz CT molecular complexity index is 1100. The lowest BCUT2D eigenvalue weighted by molar-refractivity contribution is -0.117. The van der Waals surface area contributed by atoms with Crippen LogP contribution in [0.1, 0.15) is 78.9 Å². The van der Waals surface area contributed by atoms with Gasteiger partial charge in [0.1, 0.15) is 5.00 Å². The molecule has 4 rings (SSSR count). The van der Waals surface area contributed by atoms with Gasteiger partial charge in [-0.05, 0) is 86.9 Å². The largest absolute Gasteiger partial charge is 0.322 e. The van der Waals surface area contributed by atoms with Crippen molar-refractivity contribution in [2.45, 2.75) is 73.6 Å². The predicted octanol–water partition coefficient (Wildman–Crippen LogP) is 6.44. The van der Waals surface area contributed by atoms with Gasteiger partial charge in [-0.1, -0.05) is 45.4 Å². The van der Waals surface area contributed by atoms with Gasteiger partial charge in [0.2, 0.25) is 5.91 Å². The monoisotopic (exact) mass is 495 g/mol. The molecule has 2 amide bonds. The van der Waals surface area contributed by atoms with Crippen molar-refractivity contribution in [3.05, 3.63) is 45.3 Å². The summed E-state index contributed by atoms with van der Waals surface area (Å²) in [4.78, 5) is 30.2. The fraction of sp³-hybridized carbons (Fsp3) is 0.586. The molecule has 5 nitrogen and oxygen atoms in total. The second kappa shape index (κ2) is 10.4. The lowest BCUT2D eigenvalue weighted by Gasteiger charge is -2.33. The van der Waals surface area contributed by atoms with Gasteiger partial charge in [-0.3, -0.25) is 14.5 Å². The number of carbonyl (C=O) groups is 2. The molecule has 0 radical (unpaired) electrons. The molecule has 1 aromatic carbocycles. The first-order chi connectivity index (χ1) is 16.5. The molecule has 1 aromatic heterocycles. The maximum Gasteiger partial charge on any atom is 0.258 e. The minimum absolute atomic E-state index is 0.0226. The standard InChI is InChI=1S/C29H41N3O2S/c1-18-9-12-23(20(3)14-18)30-27(34)26-22-11-10-21(29(4,5)6)15-24(22)35-28(26)31-25(33)17-32-13-7-8-19(2)16-32/h9,12,14,19,21H,7-8,10-11,13,15-17H2,1-6H3,(H,30,34)(H,31,33). The number of anilines is 2. The van der Waals surface area contributed by atoms with Crippen molar-refractivity contribution in [1.82, 2.24) is 4.90 Å². The average Bonchev–Trinajstić information content (AvgIpc) is 3.12. The number of likely N-dealkylation sites (tertiary alicyclic amines) is 1. The van der Waals surface area contributed by atoms with Gasteiger partial charge in [0.05, 0.1) is 12.1 Å². The molecule has 0 saturated carbocycles. The first kappa shape index (κ1) is 25.9. The van der Waals surface area contributed by atoms with Gasteiger partial charge < -0.3 is 10.6 Å². The molecule has 190 valence electrons. The first-order valence-electron chi connectivity index (χ1n) is 13.1. The van der Waals surface area contributed by atoms with Gasteiger partial charge >= 0.3 is 0 Å². The summed E-state index contributed by atoms with van der Waals surface area (Å²) in [6.07, 6.45) is 5.28. The molecule has 0 spiro atoms. The van der Waals surface area contributed by atoms with Crippen molar-refractivity contribution in [2.75, 3.05) is 30.3 Å². The van der Waals surface area contributed by atoms with E-state index in [-0.39, 0.29) is 17.2 Å². The van der Waals surface area contributed by atoms with Gasteiger partial charge in [0, 0.05) is 17.1 Å². The van der Waals surface area contributed by atoms with E-state index in [2.05, 4.69) is 56.2 Å². The number of nitrogens with zero attached hydrogens (tertiary/aromatic N) is 1. The van der Waals surface area contributed by atoms with Crippen LogP contribution in [0.2, 0.25) is 0 Å². The van der Waals surface area contributed by atoms with Crippen LogP contribution in [0.15, 0.2) is 18.2 Å². The average molecular weight is 496 g/mol. The second-order valence-corrected chi connectivity index (χ2v) is 12.9. The Hall–Kier alpha value is -2.18.